The summed E-state index contributed by atoms with van der Waals surface area (Å²) in [6.07, 6.45) is 1.55. The topological polar surface area (TPSA) is 104 Å². The van der Waals surface area contributed by atoms with Crippen LogP contribution >= 0.6 is 0 Å². The van der Waals surface area contributed by atoms with Crippen LogP contribution in [0.25, 0.3) is 11.4 Å². The van der Waals surface area contributed by atoms with E-state index in [0.29, 0.717) is 23.0 Å². The van der Waals surface area contributed by atoms with E-state index in [9.17, 15) is 4.79 Å². The lowest BCUT2D eigenvalue weighted by atomic mass is 10.2. The van der Waals surface area contributed by atoms with Gasteiger partial charge in [0.05, 0.1) is 24.4 Å². The van der Waals surface area contributed by atoms with Gasteiger partial charge in [-0.05, 0) is 36.4 Å². The van der Waals surface area contributed by atoms with Crippen LogP contribution in [-0.4, -0.2) is 15.9 Å². The molecule has 0 unspecified atom stereocenters. The largest absolute Gasteiger partial charge is 0.467 e. The van der Waals surface area contributed by atoms with Crippen LogP contribution < -0.4 is 10.6 Å². The van der Waals surface area contributed by atoms with Crippen LogP contribution in [0, 0.1) is 11.3 Å². The van der Waals surface area contributed by atoms with E-state index in [2.05, 4.69) is 26.7 Å². The number of carbonyl (C=O) groups is 1. The Kier molecular flexibility index (Phi) is 5.49. The maximum Gasteiger partial charge on any atom is 0.270 e. The zero-order valence-corrected chi connectivity index (χ0v) is 15.9. The number of benzene rings is 2. The van der Waals surface area contributed by atoms with Crippen molar-refractivity contribution in [1.82, 2.24) is 15.3 Å². The monoisotopic (exact) mass is 395 g/mol. The Morgan fingerprint density at radius 2 is 1.80 bits per heavy atom. The smallest absolute Gasteiger partial charge is 0.270 e. The van der Waals surface area contributed by atoms with Crippen molar-refractivity contribution in [1.29, 1.82) is 5.26 Å². The fraction of sp³-hybridized carbons (Fsp3) is 0.0435. The van der Waals surface area contributed by atoms with E-state index in [1.54, 1.807) is 48.7 Å². The number of nitriles is 1. The SMILES string of the molecule is N#Cc1ccc(Nc2cc(C(=O)NCc3ccco3)nc(-c3ccccc3)n2)cc1. The molecule has 0 radical (unpaired) electrons. The third-order valence-electron chi connectivity index (χ3n) is 4.28. The average molecular weight is 395 g/mol. The number of rotatable bonds is 6. The van der Waals surface area contributed by atoms with E-state index in [0.717, 1.165) is 11.3 Å². The summed E-state index contributed by atoms with van der Waals surface area (Å²) < 4.78 is 5.25. The first kappa shape index (κ1) is 18.9. The molecule has 1 amide bonds. The number of aromatic nitrogens is 2. The van der Waals surface area contributed by atoms with Gasteiger partial charge >= 0.3 is 0 Å². The Bertz CT molecular complexity index is 1180. The first-order valence-corrected chi connectivity index (χ1v) is 9.23. The lowest BCUT2D eigenvalue weighted by Crippen LogP contribution is -2.24. The molecule has 0 spiro atoms. The molecule has 0 fully saturated rings. The molecular weight excluding hydrogens is 378 g/mol. The number of carbonyl (C=O) groups excluding carboxylic acids is 1. The molecule has 2 N–H and O–H groups in total. The lowest BCUT2D eigenvalue weighted by Gasteiger charge is -2.10. The van der Waals surface area contributed by atoms with Gasteiger partial charge in [0, 0.05) is 17.3 Å². The van der Waals surface area contributed by atoms with Crippen molar-refractivity contribution in [3.8, 4) is 17.5 Å². The molecule has 30 heavy (non-hydrogen) atoms. The van der Waals surface area contributed by atoms with E-state index in [1.807, 2.05) is 30.3 Å². The molecule has 0 aliphatic rings. The zero-order chi connectivity index (χ0) is 20.8. The second-order valence-electron chi connectivity index (χ2n) is 6.40. The third-order valence-corrected chi connectivity index (χ3v) is 4.28. The molecule has 0 aliphatic carbocycles. The molecule has 0 aliphatic heterocycles. The van der Waals surface area contributed by atoms with Crippen molar-refractivity contribution >= 4 is 17.4 Å². The molecule has 0 saturated carbocycles. The second kappa shape index (κ2) is 8.71. The number of anilines is 2. The molecule has 2 heterocycles. The van der Waals surface area contributed by atoms with E-state index in [4.69, 9.17) is 9.68 Å². The first-order valence-electron chi connectivity index (χ1n) is 9.23. The van der Waals surface area contributed by atoms with E-state index in [1.165, 1.54) is 0 Å². The highest BCUT2D eigenvalue weighted by Gasteiger charge is 2.14. The number of hydrogen-bond acceptors (Lipinski definition) is 6. The third kappa shape index (κ3) is 4.51. The highest BCUT2D eigenvalue weighted by molar-refractivity contribution is 5.93. The van der Waals surface area contributed by atoms with Crippen molar-refractivity contribution in [2.24, 2.45) is 0 Å². The minimum atomic E-state index is -0.339. The second-order valence-corrected chi connectivity index (χ2v) is 6.40. The van der Waals surface area contributed by atoms with E-state index >= 15 is 0 Å². The number of hydrogen-bond donors (Lipinski definition) is 2. The molecular formula is C23H17N5O2. The number of amides is 1. The summed E-state index contributed by atoms with van der Waals surface area (Å²) in [5.74, 6) is 1.21. The molecule has 7 nitrogen and oxygen atoms in total. The van der Waals surface area contributed by atoms with Crippen LogP contribution in [-0.2, 0) is 6.54 Å². The molecule has 146 valence electrons. The highest BCUT2D eigenvalue weighted by Crippen LogP contribution is 2.21. The summed E-state index contributed by atoms with van der Waals surface area (Å²) in [6.45, 7) is 0.259. The van der Waals surface area contributed by atoms with Crippen LogP contribution in [0.15, 0.2) is 83.5 Å². The molecule has 2 aromatic carbocycles. The van der Waals surface area contributed by atoms with Gasteiger partial charge in [-0.3, -0.25) is 4.79 Å². The van der Waals surface area contributed by atoms with Crippen LogP contribution in [0.2, 0.25) is 0 Å². The van der Waals surface area contributed by atoms with Crippen LogP contribution in [0.4, 0.5) is 11.5 Å². The predicted octanol–water partition coefficient (Wildman–Crippen LogP) is 4.28. The van der Waals surface area contributed by atoms with Crippen molar-refractivity contribution < 1.29 is 9.21 Å². The summed E-state index contributed by atoms with van der Waals surface area (Å²) in [5, 5.41) is 14.9. The van der Waals surface area contributed by atoms with Gasteiger partial charge in [0.2, 0.25) is 0 Å². The molecule has 4 aromatic rings. The Balaban J connectivity index is 1.63. The van der Waals surface area contributed by atoms with Crippen LogP contribution in [0.5, 0.6) is 0 Å². The summed E-state index contributed by atoms with van der Waals surface area (Å²) >= 11 is 0. The highest BCUT2D eigenvalue weighted by atomic mass is 16.3. The molecule has 2 aromatic heterocycles. The molecule has 0 saturated heterocycles. The first-order chi connectivity index (χ1) is 14.7. The van der Waals surface area contributed by atoms with Crippen LogP contribution in [0.1, 0.15) is 21.8 Å². The molecule has 4 rings (SSSR count). The van der Waals surface area contributed by atoms with Gasteiger partial charge in [-0.25, -0.2) is 9.97 Å². The lowest BCUT2D eigenvalue weighted by molar-refractivity contribution is 0.0943. The fourth-order valence-corrected chi connectivity index (χ4v) is 2.79. The number of nitrogens with one attached hydrogen (secondary N) is 2. The predicted molar refractivity (Wildman–Crippen MR) is 112 cm³/mol. The van der Waals surface area contributed by atoms with Crippen molar-refractivity contribution in [3.05, 3.63) is 96.1 Å². The van der Waals surface area contributed by atoms with Crippen molar-refractivity contribution in [2.75, 3.05) is 5.32 Å². The zero-order valence-electron chi connectivity index (χ0n) is 15.9. The van der Waals surface area contributed by atoms with Gasteiger partial charge in [0.15, 0.2) is 5.82 Å². The van der Waals surface area contributed by atoms with E-state index < -0.39 is 0 Å². The number of nitrogens with zero attached hydrogens (tertiary/aromatic N) is 3. The summed E-state index contributed by atoms with van der Waals surface area (Å²) in [6, 6.07) is 23.6. The molecule has 0 bridgehead atoms. The van der Waals surface area contributed by atoms with E-state index in [-0.39, 0.29) is 18.1 Å². The quantitative estimate of drug-likeness (QED) is 0.505. The average Bonchev–Trinajstić information content (AvgIpc) is 3.32. The van der Waals surface area contributed by atoms with Gasteiger partial charge in [0.1, 0.15) is 17.3 Å². The minimum absolute atomic E-state index is 0.228. The Labute approximate surface area is 173 Å². The summed E-state index contributed by atoms with van der Waals surface area (Å²) in [7, 11) is 0. The Morgan fingerprint density at radius 1 is 1.00 bits per heavy atom. The Morgan fingerprint density at radius 3 is 2.50 bits per heavy atom. The van der Waals surface area contributed by atoms with Crippen molar-refractivity contribution in [3.63, 3.8) is 0 Å². The Hall–Kier alpha value is -4.44. The maximum atomic E-state index is 12.7. The number of furan rings is 1. The standard InChI is InChI=1S/C23H17N5O2/c24-14-16-8-10-18(11-9-16)26-21-13-20(23(29)25-15-19-7-4-12-30-19)27-22(28-21)17-5-2-1-3-6-17/h1-13H,15H2,(H,25,29)(H,26,27,28). The molecule has 7 heteroatoms. The maximum absolute atomic E-state index is 12.7. The summed E-state index contributed by atoms with van der Waals surface area (Å²) in [5.41, 5.74) is 2.33. The van der Waals surface area contributed by atoms with Gasteiger partial charge in [-0.15, -0.1) is 0 Å². The molecule has 0 atom stereocenters. The van der Waals surface area contributed by atoms with Gasteiger partial charge in [0.25, 0.3) is 5.91 Å². The van der Waals surface area contributed by atoms with Gasteiger partial charge in [-0.1, -0.05) is 30.3 Å². The van der Waals surface area contributed by atoms with Gasteiger partial charge < -0.3 is 15.1 Å². The van der Waals surface area contributed by atoms with Crippen LogP contribution in [0.3, 0.4) is 0 Å². The normalized spacial score (nSPS) is 10.2. The fourth-order valence-electron chi connectivity index (χ4n) is 2.79. The van der Waals surface area contributed by atoms with Gasteiger partial charge in [-0.2, -0.15) is 5.26 Å². The minimum Gasteiger partial charge on any atom is -0.467 e. The van der Waals surface area contributed by atoms with Crippen molar-refractivity contribution in [2.45, 2.75) is 6.54 Å². The summed E-state index contributed by atoms with van der Waals surface area (Å²) in [4.78, 5) is 21.7.